The molecule has 1 aliphatic rings. The van der Waals surface area contributed by atoms with E-state index in [0.29, 0.717) is 12.5 Å². The minimum absolute atomic E-state index is 0.0460. The zero-order valence-electron chi connectivity index (χ0n) is 17.1. The second-order valence-corrected chi connectivity index (χ2v) is 6.58. The molecule has 0 aromatic heterocycles. The van der Waals surface area contributed by atoms with Crippen molar-refractivity contribution >= 4 is 0 Å². The molecule has 4 nitrogen and oxygen atoms in total. The van der Waals surface area contributed by atoms with E-state index in [9.17, 15) is 0 Å². The van der Waals surface area contributed by atoms with Crippen LogP contribution in [-0.2, 0) is 4.74 Å². The van der Waals surface area contributed by atoms with Crippen molar-refractivity contribution < 1.29 is 14.9 Å². The molecule has 0 saturated carbocycles. The van der Waals surface area contributed by atoms with E-state index in [-0.39, 0.29) is 12.7 Å². The second kappa shape index (κ2) is 19.1. The van der Waals surface area contributed by atoms with Crippen LogP contribution in [-0.4, -0.2) is 36.1 Å². The molecule has 0 spiro atoms. The molecular weight excluding hydrogens is 314 g/mol. The van der Waals surface area contributed by atoms with Crippen LogP contribution in [0.5, 0.6) is 0 Å². The lowest BCUT2D eigenvalue weighted by Crippen LogP contribution is -2.12. The highest BCUT2D eigenvalue weighted by atomic mass is 16.5. The predicted molar refractivity (Wildman–Crippen MR) is 108 cm³/mol. The Bertz CT molecular complexity index is 362. The molecule has 3 N–H and O–H groups in total. The minimum Gasteiger partial charge on any atom is -0.493 e. The zero-order valence-corrected chi connectivity index (χ0v) is 17.1. The van der Waals surface area contributed by atoms with Crippen LogP contribution in [0.25, 0.3) is 0 Å². The highest BCUT2D eigenvalue weighted by Crippen LogP contribution is 2.14. The minimum atomic E-state index is 0.0460. The van der Waals surface area contributed by atoms with Crippen LogP contribution < -0.4 is 5.32 Å². The summed E-state index contributed by atoms with van der Waals surface area (Å²) in [6, 6.07) is 0. The first kappa shape index (κ1) is 26.0. The lowest BCUT2D eigenvalue weighted by molar-refractivity contribution is 0.126. The summed E-state index contributed by atoms with van der Waals surface area (Å²) in [5.41, 5.74) is 1.02. The van der Waals surface area contributed by atoms with E-state index in [2.05, 4.69) is 18.8 Å². The molecule has 0 aromatic carbocycles. The van der Waals surface area contributed by atoms with Crippen molar-refractivity contribution in [2.75, 3.05) is 19.8 Å². The van der Waals surface area contributed by atoms with E-state index in [1.807, 2.05) is 45.9 Å². The molecule has 0 aliphatic carbocycles. The van der Waals surface area contributed by atoms with Gasteiger partial charge in [0.2, 0.25) is 0 Å². The Morgan fingerprint density at radius 1 is 1.36 bits per heavy atom. The number of nitrogens with one attached hydrogen (secondary N) is 1. The third kappa shape index (κ3) is 20.7. The Morgan fingerprint density at radius 3 is 2.36 bits per heavy atom. The van der Waals surface area contributed by atoms with E-state index in [0.717, 1.165) is 24.4 Å². The quantitative estimate of drug-likeness (QED) is 0.419. The van der Waals surface area contributed by atoms with Crippen LogP contribution in [0.4, 0.5) is 0 Å². The van der Waals surface area contributed by atoms with E-state index in [4.69, 9.17) is 14.9 Å². The third-order valence-electron chi connectivity index (χ3n) is 3.30. The molecule has 148 valence electrons. The summed E-state index contributed by atoms with van der Waals surface area (Å²) in [7, 11) is 0. The molecule has 0 fully saturated rings. The number of hydrogen-bond donors (Lipinski definition) is 3. The average Bonchev–Trinajstić information content (AvgIpc) is 3.01. The molecule has 0 bridgehead atoms. The standard InChI is InChI=1S/C11H21N.C6H10O2.C4H10O/c1-4-6-7-8-10-12-11(3)9-5-2;1-5-2-3-6(4-7)8-5;1-4(2)3-5/h5,9,12H,3-4,6-8,10H2,1-2H3;3,5,7H,2,4H2,1H3;4-5H,3H2,1-2H3/b9-5-;;. The van der Waals surface area contributed by atoms with Crippen molar-refractivity contribution in [2.45, 2.75) is 72.8 Å². The molecule has 4 heteroatoms. The van der Waals surface area contributed by atoms with Gasteiger partial charge in [0.25, 0.3) is 0 Å². The number of allylic oxidation sites excluding steroid dienone is 2. The van der Waals surface area contributed by atoms with Crippen LogP contribution in [0.3, 0.4) is 0 Å². The van der Waals surface area contributed by atoms with Gasteiger partial charge in [0.1, 0.15) is 12.4 Å². The molecule has 1 rings (SSSR count). The summed E-state index contributed by atoms with van der Waals surface area (Å²) in [5, 5.41) is 19.9. The smallest absolute Gasteiger partial charge is 0.118 e. The van der Waals surface area contributed by atoms with E-state index < -0.39 is 0 Å². The van der Waals surface area contributed by atoms with Crippen LogP contribution in [0, 0.1) is 5.92 Å². The number of rotatable bonds is 9. The van der Waals surface area contributed by atoms with Gasteiger partial charge in [-0.25, -0.2) is 0 Å². The molecule has 25 heavy (non-hydrogen) atoms. The van der Waals surface area contributed by atoms with Gasteiger partial charge in [0.05, 0.1) is 6.10 Å². The van der Waals surface area contributed by atoms with Crippen molar-refractivity contribution in [1.82, 2.24) is 5.32 Å². The van der Waals surface area contributed by atoms with Gasteiger partial charge in [-0.1, -0.05) is 52.7 Å². The summed E-state index contributed by atoms with van der Waals surface area (Å²) in [4.78, 5) is 0. The van der Waals surface area contributed by atoms with Gasteiger partial charge < -0.3 is 20.3 Å². The van der Waals surface area contributed by atoms with Gasteiger partial charge in [-0.3, -0.25) is 0 Å². The largest absolute Gasteiger partial charge is 0.493 e. The fourth-order valence-electron chi connectivity index (χ4n) is 1.81. The SMILES string of the molecule is C=C(/C=C\C)NCCCCCC.CC(C)CO.CC1CC=C(CO)O1. The third-order valence-corrected chi connectivity index (χ3v) is 3.30. The zero-order chi connectivity index (χ0) is 19.5. The van der Waals surface area contributed by atoms with Crippen molar-refractivity contribution in [1.29, 1.82) is 0 Å². The Morgan fingerprint density at radius 2 is 2.00 bits per heavy atom. The molecule has 1 atom stereocenters. The lowest BCUT2D eigenvalue weighted by Gasteiger charge is -2.04. The van der Waals surface area contributed by atoms with Gasteiger partial charge in [-0.2, -0.15) is 0 Å². The van der Waals surface area contributed by atoms with Crippen molar-refractivity contribution in [3.05, 3.63) is 36.3 Å². The summed E-state index contributed by atoms with van der Waals surface area (Å²) in [6.07, 6.45) is 12.4. The maximum absolute atomic E-state index is 8.49. The van der Waals surface area contributed by atoms with Gasteiger partial charge in [-0.15, -0.1) is 0 Å². The fourth-order valence-corrected chi connectivity index (χ4v) is 1.81. The van der Waals surface area contributed by atoms with Crippen LogP contribution in [0.2, 0.25) is 0 Å². The molecule has 1 heterocycles. The van der Waals surface area contributed by atoms with Crippen molar-refractivity contribution in [2.24, 2.45) is 5.92 Å². The Hall–Kier alpha value is -1.26. The lowest BCUT2D eigenvalue weighted by atomic mass is 10.2. The van der Waals surface area contributed by atoms with Crippen molar-refractivity contribution in [3.8, 4) is 0 Å². The molecule has 0 radical (unpaired) electrons. The summed E-state index contributed by atoms with van der Waals surface area (Å²) in [6.45, 7) is 15.4. The molecule has 0 amide bonds. The van der Waals surface area contributed by atoms with Gasteiger partial charge in [0, 0.05) is 25.3 Å². The molecule has 1 aliphatic heterocycles. The topological polar surface area (TPSA) is 61.7 Å². The number of hydrogen-bond acceptors (Lipinski definition) is 4. The van der Waals surface area contributed by atoms with Crippen LogP contribution in [0.15, 0.2) is 36.3 Å². The number of aliphatic hydroxyl groups is 2. The normalized spacial score (nSPS) is 15.7. The number of aliphatic hydroxyl groups excluding tert-OH is 2. The molecule has 0 saturated heterocycles. The maximum atomic E-state index is 8.49. The fraction of sp³-hybridized carbons (Fsp3) is 0.714. The van der Waals surface area contributed by atoms with Crippen LogP contribution in [0.1, 0.15) is 66.7 Å². The summed E-state index contributed by atoms with van der Waals surface area (Å²) >= 11 is 0. The molecular formula is C21H41NO3. The van der Waals surface area contributed by atoms with E-state index >= 15 is 0 Å². The predicted octanol–water partition coefficient (Wildman–Crippen LogP) is 4.55. The summed E-state index contributed by atoms with van der Waals surface area (Å²) < 4.78 is 5.12. The second-order valence-electron chi connectivity index (χ2n) is 6.58. The molecule has 1 unspecified atom stereocenters. The molecule has 0 aromatic rings. The first-order valence-corrected chi connectivity index (χ1v) is 9.53. The average molecular weight is 356 g/mol. The Kier molecular flexibility index (Phi) is 19.8. The van der Waals surface area contributed by atoms with Crippen molar-refractivity contribution in [3.63, 3.8) is 0 Å². The monoisotopic (exact) mass is 355 g/mol. The Labute approximate surface area is 155 Å². The summed E-state index contributed by atoms with van der Waals surface area (Å²) in [5.74, 6) is 1.16. The van der Waals surface area contributed by atoms with E-state index in [1.54, 1.807) is 0 Å². The van der Waals surface area contributed by atoms with Gasteiger partial charge in [0.15, 0.2) is 0 Å². The maximum Gasteiger partial charge on any atom is 0.118 e. The highest BCUT2D eigenvalue weighted by molar-refractivity contribution is 5.10. The first-order valence-electron chi connectivity index (χ1n) is 9.53. The number of ether oxygens (including phenoxy) is 1. The number of unbranched alkanes of at least 4 members (excludes halogenated alkanes) is 3. The van der Waals surface area contributed by atoms with E-state index in [1.165, 1.54) is 25.7 Å². The Balaban J connectivity index is 0. The van der Waals surface area contributed by atoms with Gasteiger partial charge >= 0.3 is 0 Å². The first-order chi connectivity index (χ1) is 11.9. The highest BCUT2D eigenvalue weighted by Gasteiger charge is 2.10. The van der Waals surface area contributed by atoms with Gasteiger partial charge in [-0.05, 0) is 38.3 Å². The van der Waals surface area contributed by atoms with Crippen LogP contribution >= 0.6 is 0 Å².